The van der Waals surface area contributed by atoms with E-state index in [1.807, 2.05) is 13.8 Å². The number of rotatable bonds is 7. The molecule has 15 heavy (non-hydrogen) atoms. The van der Waals surface area contributed by atoms with Crippen LogP contribution in [0.1, 0.15) is 42.4 Å². The third-order valence-corrected chi connectivity index (χ3v) is 2.44. The van der Waals surface area contributed by atoms with Crippen LogP contribution in [0, 0.1) is 11.8 Å². The Morgan fingerprint density at radius 1 is 1.20 bits per heavy atom. The molecule has 0 aromatic rings. The van der Waals surface area contributed by atoms with Crippen molar-refractivity contribution in [3.8, 4) is 0 Å². The fourth-order valence-electron chi connectivity index (χ4n) is 1.54. The summed E-state index contributed by atoms with van der Waals surface area (Å²) < 4.78 is 0. The summed E-state index contributed by atoms with van der Waals surface area (Å²) in [5.41, 5.74) is 0. The van der Waals surface area contributed by atoms with Gasteiger partial charge in [0.2, 0.25) is 0 Å². The van der Waals surface area contributed by atoms with E-state index in [0.29, 0.717) is 0 Å². The monoisotopic (exact) mass is 244 g/mol. The van der Waals surface area contributed by atoms with Crippen molar-refractivity contribution < 1.29 is 22.7 Å². The molecule has 1 unspecified atom stereocenters. The van der Waals surface area contributed by atoms with Crippen molar-refractivity contribution in [1.82, 2.24) is 0 Å². The molecule has 0 spiro atoms. The van der Waals surface area contributed by atoms with Crippen molar-refractivity contribution in [2.75, 3.05) is 0 Å². The average Bonchev–Trinajstić information content (AvgIpc) is 2.10. The quantitative estimate of drug-likeness (QED) is 0.529. The Hall–Kier alpha value is 0.200. The van der Waals surface area contributed by atoms with Crippen molar-refractivity contribution in [3.05, 3.63) is 0 Å². The zero-order valence-corrected chi connectivity index (χ0v) is 11.6. The van der Waals surface area contributed by atoms with Gasteiger partial charge >= 0.3 is 49.7 Å². The number of carboxylic acid groups (broad SMARTS) is 2. The number of hydrogen-bond acceptors (Lipinski definition) is 2. The van der Waals surface area contributed by atoms with Crippen LogP contribution in [-0.2, 0) is 9.59 Å². The van der Waals surface area contributed by atoms with Crippen molar-refractivity contribution >= 4 is 49.7 Å². The molecule has 1 atom stereocenters. The Balaban J connectivity index is -0.000000282. The molecule has 0 aromatic heterocycles. The van der Waals surface area contributed by atoms with Crippen LogP contribution in [0.3, 0.4) is 0 Å². The SMILES string of the molecule is CCCC(CC)CC(C(=O)O)C(=O)O.[Ca+2].[H-].[H-]. The van der Waals surface area contributed by atoms with Gasteiger partial charge in [-0.15, -0.1) is 0 Å². The number of aliphatic carboxylic acids is 2. The van der Waals surface area contributed by atoms with Crippen molar-refractivity contribution in [3.63, 3.8) is 0 Å². The van der Waals surface area contributed by atoms with Gasteiger partial charge in [-0.05, 0) is 12.3 Å². The Morgan fingerprint density at radius 3 is 1.93 bits per heavy atom. The van der Waals surface area contributed by atoms with Gasteiger partial charge in [0.25, 0.3) is 0 Å². The van der Waals surface area contributed by atoms with Crippen LogP contribution >= 0.6 is 0 Å². The molecule has 0 heterocycles. The largest absolute Gasteiger partial charge is 2.00 e. The molecule has 0 fully saturated rings. The van der Waals surface area contributed by atoms with Crippen LogP contribution in [0.4, 0.5) is 0 Å². The number of carboxylic acids is 2. The van der Waals surface area contributed by atoms with Gasteiger partial charge in [-0.1, -0.05) is 33.1 Å². The van der Waals surface area contributed by atoms with E-state index in [1.165, 1.54) is 0 Å². The molecule has 0 rings (SSSR count). The molecule has 86 valence electrons. The fourth-order valence-corrected chi connectivity index (χ4v) is 1.54. The van der Waals surface area contributed by atoms with Crippen LogP contribution in [0.5, 0.6) is 0 Å². The Bertz CT molecular complexity index is 200. The molecule has 4 nitrogen and oxygen atoms in total. The third kappa shape index (κ3) is 7.14. The van der Waals surface area contributed by atoms with Gasteiger partial charge in [0.1, 0.15) is 0 Å². The summed E-state index contributed by atoms with van der Waals surface area (Å²) in [5, 5.41) is 17.4. The van der Waals surface area contributed by atoms with Gasteiger partial charge in [-0.25, -0.2) is 0 Å². The van der Waals surface area contributed by atoms with Gasteiger partial charge in [0, 0.05) is 0 Å². The topological polar surface area (TPSA) is 74.6 Å². The molecule has 0 aliphatic rings. The standard InChI is InChI=1S/C10H18O4.Ca.2H/c1-3-5-7(4-2)6-8(9(11)12)10(13)14;;;/h7-8H,3-6H2,1-2H3,(H,11,12)(H,13,14);;;/q;+2;2*-1. The Morgan fingerprint density at radius 2 is 1.67 bits per heavy atom. The van der Waals surface area contributed by atoms with E-state index < -0.39 is 17.9 Å². The molecule has 0 saturated carbocycles. The zero-order chi connectivity index (χ0) is 11.1. The summed E-state index contributed by atoms with van der Waals surface area (Å²) >= 11 is 0. The van der Waals surface area contributed by atoms with E-state index in [9.17, 15) is 9.59 Å². The van der Waals surface area contributed by atoms with E-state index in [2.05, 4.69) is 0 Å². The molecule has 0 bridgehead atoms. The minimum Gasteiger partial charge on any atom is -1.00 e. The smallest absolute Gasteiger partial charge is 1.00 e. The molecule has 0 aliphatic heterocycles. The van der Waals surface area contributed by atoms with Gasteiger partial charge in [-0.2, -0.15) is 0 Å². The first-order valence-corrected chi connectivity index (χ1v) is 4.98. The van der Waals surface area contributed by atoms with Crippen LogP contribution in [0.2, 0.25) is 0 Å². The second kappa shape index (κ2) is 9.43. The second-order valence-corrected chi connectivity index (χ2v) is 3.53. The maximum Gasteiger partial charge on any atom is 2.00 e. The van der Waals surface area contributed by atoms with Crippen molar-refractivity contribution in [2.24, 2.45) is 11.8 Å². The molecular formula is C10H20CaO4. The summed E-state index contributed by atoms with van der Waals surface area (Å²) in [6, 6.07) is 0. The van der Waals surface area contributed by atoms with E-state index >= 15 is 0 Å². The molecule has 0 radical (unpaired) electrons. The van der Waals surface area contributed by atoms with Crippen LogP contribution in [0.15, 0.2) is 0 Å². The third-order valence-electron chi connectivity index (χ3n) is 2.44. The van der Waals surface area contributed by atoms with E-state index in [0.717, 1.165) is 19.3 Å². The van der Waals surface area contributed by atoms with E-state index in [1.54, 1.807) is 0 Å². The molecule has 0 saturated heterocycles. The minimum absolute atomic E-state index is 0. The summed E-state index contributed by atoms with van der Waals surface area (Å²) in [7, 11) is 0. The number of carbonyl (C=O) groups is 2. The van der Waals surface area contributed by atoms with E-state index in [4.69, 9.17) is 10.2 Å². The maximum absolute atomic E-state index is 10.6. The molecule has 5 heteroatoms. The first-order chi connectivity index (χ1) is 6.52. The van der Waals surface area contributed by atoms with Gasteiger partial charge in [0.15, 0.2) is 5.92 Å². The first kappa shape index (κ1) is 17.6. The summed E-state index contributed by atoms with van der Waals surface area (Å²) in [5.74, 6) is -3.50. The molecule has 0 aromatic carbocycles. The average molecular weight is 244 g/mol. The molecular weight excluding hydrogens is 224 g/mol. The van der Waals surface area contributed by atoms with Crippen LogP contribution < -0.4 is 0 Å². The van der Waals surface area contributed by atoms with Crippen molar-refractivity contribution in [1.29, 1.82) is 0 Å². The molecule has 0 aliphatic carbocycles. The van der Waals surface area contributed by atoms with Crippen molar-refractivity contribution in [2.45, 2.75) is 39.5 Å². The first-order valence-electron chi connectivity index (χ1n) is 4.98. The predicted molar refractivity (Wildman–Crippen MR) is 60.0 cm³/mol. The van der Waals surface area contributed by atoms with Crippen LogP contribution in [-0.4, -0.2) is 59.9 Å². The predicted octanol–water partition coefficient (Wildman–Crippen LogP) is 1.83. The summed E-state index contributed by atoms with van der Waals surface area (Å²) in [6.45, 7) is 3.97. The summed E-state index contributed by atoms with van der Waals surface area (Å²) in [6.07, 6.45) is 2.94. The maximum atomic E-state index is 10.6. The van der Waals surface area contributed by atoms with Gasteiger partial charge < -0.3 is 13.1 Å². The molecule has 0 amide bonds. The van der Waals surface area contributed by atoms with Crippen LogP contribution in [0.25, 0.3) is 0 Å². The normalized spacial score (nSPS) is 11.9. The second-order valence-electron chi connectivity index (χ2n) is 3.53. The van der Waals surface area contributed by atoms with Gasteiger partial charge in [-0.3, -0.25) is 9.59 Å². The van der Waals surface area contributed by atoms with E-state index in [-0.39, 0.29) is 52.9 Å². The Labute approximate surface area is 123 Å². The Kier molecular flexibility index (Phi) is 11.1. The zero-order valence-electron chi connectivity index (χ0n) is 11.4. The summed E-state index contributed by atoms with van der Waals surface area (Å²) in [4.78, 5) is 21.2. The van der Waals surface area contributed by atoms with Gasteiger partial charge in [0.05, 0.1) is 0 Å². The number of hydrogen-bond donors (Lipinski definition) is 2. The fraction of sp³-hybridized carbons (Fsp3) is 0.800. The molecule has 2 N–H and O–H groups in total. The minimum atomic E-state index is -1.24.